The van der Waals surface area contributed by atoms with E-state index in [-0.39, 0.29) is 10.9 Å². The van der Waals surface area contributed by atoms with E-state index in [1.165, 1.54) is 26.6 Å². The molecule has 0 N–H and O–H groups in total. The molecule has 6 heterocycles. The van der Waals surface area contributed by atoms with Crippen LogP contribution < -0.4 is 20.7 Å². The lowest BCUT2D eigenvalue weighted by atomic mass is 10.00. The minimum Gasteiger partial charge on any atom is -0.455 e. The summed E-state index contributed by atoms with van der Waals surface area (Å²) in [5.74, 6) is 1.28. The van der Waals surface area contributed by atoms with Crippen LogP contribution in [0.25, 0.3) is 86.3 Å². The SMILES string of the molecule is O=c1cc(N2CCCCC2)oc2c(-c3cccc4c3sc3ccccc34)cccc12.O=c1cc(N2CCOCC2)oc2c(-c3cccc4c3oc3ccccc34)cccc12. The standard InChI is InChI=1S/C26H21NO2S.C25H19NO4/c28-22-16-24(27-14-4-1-5-15-27)29-25-18(9-6-12-21(22)25)20-11-7-10-19-17-8-2-3-13-23(17)30-26(19)20;27-21-15-23(26-11-13-28-14-12-26)30-25-19(8-4-9-20(21)25)18-7-3-6-17-16-5-1-2-10-22(16)29-24(17)18/h2-3,6-13,16H,1,4-5,14-15H2;1-10,15H,11-14H2. The Morgan fingerprint density at radius 1 is 0.433 bits per heavy atom. The maximum absolute atomic E-state index is 12.9. The molecule has 2 aliphatic heterocycles. The number of fused-ring (bicyclic) bond motifs is 8. The second-order valence-corrected chi connectivity index (χ2v) is 16.5. The number of furan rings is 1. The molecule has 60 heavy (non-hydrogen) atoms. The molecule has 9 heteroatoms. The number of hydrogen-bond donors (Lipinski definition) is 0. The van der Waals surface area contributed by atoms with E-state index in [0.29, 0.717) is 60.0 Å². The topological polar surface area (TPSA) is 89.3 Å². The summed E-state index contributed by atoms with van der Waals surface area (Å²) in [7, 11) is 0. The molecule has 0 amide bonds. The van der Waals surface area contributed by atoms with Gasteiger partial charge in [0.05, 0.1) is 24.0 Å². The summed E-state index contributed by atoms with van der Waals surface area (Å²) in [5.41, 5.74) is 6.77. The zero-order valence-electron chi connectivity index (χ0n) is 32.8. The number of ether oxygens (including phenoxy) is 1. The molecule has 8 nitrogen and oxygen atoms in total. The fourth-order valence-corrected chi connectivity index (χ4v) is 10.1. The van der Waals surface area contributed by atoms with E-state index in [4.69, 9.17) is 18.0 Å². The van der Waals surface area contributed by atoms with Crippen LogP contribution >= 0.6 is 11.3 Å². The van der Waals surface area contributed by atoms with Crippen LogP contribution in [0.5, 0.6) is 0 Å². The molecule has 0 unspecified atom stereocenters. The van der Waals surface area contributed by atoms with Crippen molar-refractivity contribution in [2.45, 2.75) is 19.3 Å². The van der Waals surface area contributed by atoms with Gasteiger partial charge < -0.3 is 27.8 Å². The fourth-order valence-electron chi connectivity index (χ4n) is 8.88. The van der Waals surface area contributed by atoms with Crippen LogP contribution in [0.15, 0.2) is 156 Å². The molecule has 2 fully saturated rings. The van der Waals surface area contributed by atoms with Gasteiger partial charge in [-0.3, -0.25) is 9.59 Å². The summed E-state index contributed by atoms with van der Waals surface area (Å²) in [6.45, 7) is 4.56. The lowest BCUT2D eigenvalue weighted by Crippen LogP contribution is -2.36. The zero-order valence-corrected chi connectivity index (χ0v) is 33.6. The Bertz CT molecular complexity index is 3140. The van der Waals surface area contributed by atoms with Crippen LogP contribution in [0, 0.1) is 0 Å². The van der Waals surface area contributed by atoms with Gasteiger partial charge in [0.2, 0.25) is 0 Å². The first-order chi connectivity index (χ1) is 29.6. The Labute approximate surface area is 348 Å². The van der Waals surface area contributed by atoms with E-state index < -0.39 is 0 Å². The van der Waals surface area contributed by atoms with Crippen molar-refractivity contribution in [1.82, 2.24) is 0 Å². The number of para-hydroxylation sites is 4. The Kier molecular flexibility index (Phi) is 9.20. The number of thiophene rings is 1. The number of morpholine rings is 1. The largest absolute Gasteiger partial charge is 0.455 e. The Hall–Kier alpha value is -6.68. The third-order valence-corrected chi connectivity index (χ3v) is 13.1. The molecule has 0 atom stereocenters. The van der Waals surface area contributed by atoms with Crippen LogP contribution in [0.2, 0.25) is 0 Å². The molecular formula is C51H40N2O6S. The first-order valence-corrected chi connectivity index (χ1v) is 21.4. The number of nitrogens with zero attached hydrogens (tertiary/aromatic N) is 2. The van der Waals surface area contributed by atoms with E-state index in [0.717, 1.165) is 70.1 Å². The molecule has 0 spiro atoms. The van der Waals surface area contributed by atoms with E-state index in [1.807, 2.05) is 60.7 Å². The second-order valence-electron chi connectivity index (χ2n) is 15.5. The average Bonchev–Trinajstić information content (AvgIpc) is 3.89. The highest BCUT2D eigenvalue weighted by Gasteiger charge is 2.21. The van der Waals surface area contributed by atoms with Gasteiger partial charge in [-0.2, -0.15) is 0 Å². The van der Waals surface area contributed by atoms with Crippen molar-refractivity contribution in [3.63, 3.8) is 0 Å². The molecule has 2 saturated heterocycles. The number of piperidine rings is 1. The van der Waals surface area contributed by atoms with E-state index in [1.54, 1.807) is 23.5 Å². The molecule has 6 aromatic carbocycles. The van der Waals surface area contributed by atoms with Crippen molar-refractivity contribution < 1.29 is 18.0 Å². The van der Waals surface area contributed by atoms with Crippen molar-refractivity contribution in [3.05, 3.63) is 154 Å². The Morgan fingerprint density at radius 2 is 0.933 bits per heavy atom. The average molecular weight is 809 g/mol. The number of hydrogen-bond acceptors (Lipinski definition) is 9. The lowest BCUT2D eigenvalue weighted by molar-refractivity contribution is 0.121. The number of benzene rings is 6. The molecule has 0 saturated carbocycles. The van der Waals surface area contributed by atoms with Gasteiger partial charge in [0.15, 0.2) is 22.6 Å². The van der Waals surface area contributed by atoms with Gasteiger partial charge in [-0.1, -0.05) is 97.1 Å². The second kappa shape index (κ2) is 15.2. The van der Waals surface area contributed by atoms with Gasteiger partial charge in [-0.15, -0.1) is 11.3 Å². The molecular weight excluding hydrogens is 769 g/mol. The predicted octanol–water partition coefficient (Wildman–Crippen LogP) is 12.0. The molecule has 0 bridgehead atoms. The summed E-state index contributed by atoms with van der Waals surface area (Å²) in [6, 6.07) is 43.9. The van der Waals surface area contributed by atoms with Crippen LogP contribution in [0.1, 0.15) is 19.3 Å². The monoisotopic (exact) mass is 808 g/mol. The van der Waals surface area contributed by atoms with E-state index in [2.05, 4.69) is 70.5 Å². The highest BCUT2D eigenvalue weighted by atomic mass is 32.1. The molecule has 2 aliphatic rings. The molecule has 4 aromatic heterocycles. The van der Waals surface area contributed by atoms with Crippen molar-refractivity contribution in [1.29, 1.82) is 0 Å². The van der Waals surface area contributed by atoms with Crippen LogP contribution in [0.4, 0.5) is 11.8 Å². The summed E-state index contributed by atoms with van der Waals surface area (Å²) in [4.78, 5) is 30.1. The molecule has 0 aliphatic carbocycles. The van der Waals surface area contributed by atoms with E-state index in [9.17, 15) is 9.59 Å². The maximum atomic E-state index is 12.9. The molecule has 10 aromatic rings. The third kappa shape index (κ3) is 6.33. The maximum Gasteiger partial charge on any atom is 0.200 e. The minimum atomic E-state index is -0.0450. The normalized spacial score (nSPS) is 14.7. The highest BCUT2D eigenvalue weighted by Crippen LogP contribution is 2.42. The van der Waals surface area contributed by atoms with Crippen molar-refractivity contribution in [2.24, 2.45) is 0 Å². The lowest BCUT2D eigenvalue weighted by Gasteiger charge is -2.27. The van der Waals surface area contributed by atoms with Gasteiger partial charge in [0.1, 0.15) is 22.3 Å². The van der Waals surface area contributed by atoms with Gasteiger partial charge >= 0.3 is 0 Å². The number of anilines is 2. The third-order valence-electron chi connectivity index (χ3n) is 11.9. The zero-order chi connectivity index (χ0) is 40.2. The first kappa shape index (κ1) is 36.4. The predicted molar refractivity (Wildman–Crippen MR) is 245 cm³/mol. The first-order valence-electron chi connectivity index (χ1n) is 20.6. The fraction of sp³-hybridized carbons (Fsp3) is 0.176. The Balaban J connectivity index is 0.000000136. The highest BCUT2D eigenvalue weighted by molar-refractivity contribution is 7.26. The summed E-state index contributed by atoms with van der Waals surface area (Å²) in [5, 5.41) is 5.86. The van der Waals surface area contributed by atoms with Gasteiger partial charge in [-0.25, -0.2) is 0 Å². The van der Waals surface area contributed by atoms with Gasteiger partial charge in [0, 0.05) is 91.5 Å². The van der Waals surface area contributed by atoms with Crippen molar-refractivity contribution >= 4 is 87.2 Å². The van der Waals surface area contributed by atoms with Crippen molar-refractivity contribution in [3.8, 4) is 22.3 Å². The summed E-state index contributed by atoms with van der Waals surface area (Å²) < 4.78 is 26.9. The van der Waals surface area contributed by atoms with Gasteiger partial charge in [-0.05, 0) is 43.5 Å². The minimum absolute atomic E-state index is 0.0298. The smallest absolute Gasteiger partial charge is 0.200 e. The van der Waals surface area contributed by atoms with Crippen LogP contribution in [-0.2, 0) is 4.74 Å². The molecule has 296 valence electrons. The number of rotatable bonds is 4. The molecule has 0 radical (unpaired) electrons. The quantitative estimate of drug-likeness (QED) is 0.174. The summed E-state index contributed by atoms with van der Waals surface area (Å²) in [6.07, 6.45) is 3.53. The molecule has 12 rings (SSSR count). The van der Waals surface area contributed by atoms with Crippen LogP contribution in [-0.4, -0.2) is 39.4 Å². The Morgan fingerprint density at radius 3 is 1.60 bits per heavy atom. The van der Waals surface area contributed by atoms with Crippen LogP contribution in [0.3, 0.4) is 0 Å². The van der Waals surface area contributed by atoms with Gasteiger partial charge in [0.25, 0.3) is 0 Å². The van der Waals surface area contributed by atoms with Crippen molar-refractivity contribution in [2.75, 3.05) is 49.2 Å². The summed E-state index contributed by atoms with van der Waals surface area (Å²) >= 11 is 1.80. The van der Waals surface area contributed by atoms with E-state index >= 15 is 0 Å².